The molecule has 0 amide bonds. The van der Waals surface area contributed by atoms with Crippen LogP contribution in [0, 0.1) is 0 Å². The second kappa shape index (κ2) is 5.45. The zero-order chi connectivity index (χ0) is 16.0. The molecular weight excluding hydrogens is 296 g/mol. The summed E-state index contributed by atoms with van der Waals surface area (Å²) in [5.41, 5.74) is 0.739. The van der Waals surface area contributed by atoms with E-state index in [9.17, 15) is 4.79 Å². The van der Waals surface area contributed by atoms with Crippen molar-refractivity contribution in [1.29, 1.82) is 0 Å². The quantitative estimate of drug-likeness (QED) is 0.739. The summed E-state index contributed by atoms with van der Waals surface area (Å²) in [5.74, 6) is 0.828. The van der Waals surface area contributed by atoms with Crippen molar-refractivity contribution in [3.8, 4) is 0 Å². The largest absolute Gasteiger partial charge is 0.461 e. The fourth-order valence-corrected chi connectivity index (χ4v) is 3.51. The van der Waals surface area contributed by atoms with Gasteiger partial charge in [-0.15, -0.1) is 15.3 Å². The molecule has 4 heterocycles. The van der Waals surface area contributed by atoms with E-state index in [-0.39, 0.29) is 24.2 Å². The van der Waals surface area contributed by atoms with Gasteiger partial charge in [0, 0.05) is 32.1 Å². The van der Waals surface area contributed by atoms with Crippen molar-refractivity contribution in [2.24, 2.45) is 0 Å². The van der Waals surface area contributed by atoms with Gasteiger partial charge in [0.2, 0.25) is 0 Å². The highest BCUT2D eigenvalue weighted by molar-refractivity contribution is 5.78. The fraction of sp³-hybridized carbons (Fsp3) is 0.600. The smallest absolute Gasteiger partial charge is 0.323 e. The number of hydrogen-bond donors (Lipinski definition) is 0. The first-order valence-corrected chi connectivity index (χ1v) is 8.00. The van der Waals surface area contributed by atoms with Gasteiger partial charge in [-0.2, -0.15) is 4.52 Å². The predicted octanol–water partition coefficient (Wildman–Crippen LogP) is 0.339. The van der Waals surface area contributed by atoms with Crippen LogP contribution < -0.4 is 4.90 Å². The van der Waals surface area contributed by atoms with Crippen LogP contribution in [0.15, 0.2) is 18.5 Å². The fourth-order valence-electron chi connectivity index (χ4n) is 3.51. The van der Waals surface area contributed by atoms with E-state index in [0.29, 0.717) is 0 Å². The van der Waals surface area contributed by atoms with Gasteiger partial charge < -0.3 is 9.64 Å². The molecule has 3 unspecified atom stereocenters. The zero-order valence-corrected chi connectivity index (χ0v) is 13.3. The van der Waals surface area contributed by atoms with Gasteiger partial charge in [0.1, 0.15) is 24.3 Å². The Hall–Kier alpha value is -2.22. The van der Waals surface area contributed by atoms with Gasteiger partial charge in [0.15, 0.2) is 5.65 Å². The lowest BCUT2D eigenvalue weighted by Gasteiger charge is -2.41. The number of aromatic nitrogens is 4. The van der Waals surface area contributed by atoms with Gasteiger partial charge in [-0.25, -0.2) is 0 Å². The number of ether oxygens (including phenoxy) is 1. The molecule has 0 bridgehead atoms. The van der Waals surface area contributed by atoms with E-state index in [2.05, 4.69) is 32.0 Å². The Bertz CT molecular complexity index is 732. The van der Waals surface area contributed by atoms with Crippen molar-refractivity contribution >= 4 is 17.4 Å². The number of esters is 1. The first-order valence-electron chi connectivity index (χ1n) is 8.00. The average molecular weight is 316 g/mol. The summed E-state index contributed by atoms with van der Waals surface area (Å²) in [6.07, 6.45) is 2.42. The molecule has 0 aliphatic carbocycles. The van der Waals surface area contributed by atoms with Gasteiger partial charge in [-0.3, -0.25) is 9.69 Å². The summed E-state index contributed by atoms with van der Waals surface area (Å²) in [5, 5.41) is 12.4. The molecule has 23 heavy (non-hydrogen) atoms. The number of rotatable bonds is 2. The van der Waals surface area contributed by atoms with Crippen LogP contribution in [0.2, 0.25) is 0 Å². The molecule has 0 radical (unpaired) electrons. The lowest BCUT2D eigenvalue weighted by atomic mass is 10.1. The van der Waals surface area contributed by atoms with Crippen molar-refractivity contribution in [2.75, 3.05) is 24.5 Å². The minimum atomic E-state index is -0.0945. The summed E-state index contributed by atoms with van der Waals surface area (Å²) in [4.78, 5) is 16.5. The molecule has 2 aliphatic rings. The minimum absolute atomic E-state index is 0.0265. The minimum Gasteiger partial charge on any atom is -0.461 e. The number of piperazine rings is 1. The monoisotopic (exact) mass is 316 g/mol. The van der Waals surface area contributed by atoms with Crippen LogP contribution in [-0.4, -0.2) is 68.5 Å². The van der Waals surface area contributed by atoms with Gasteiger partial charge in [0.05, 0.1) is 0 Å². The van der Waals surface area contributed by atoms with Gasteiger partial charge in [-0.05, 0) is 26.0 Å². The van der Waals surface area contributed by atoms with Crippen LogP contribution in [0.1, 0.15) is 20.3 Å². The molecule has 8 nitrogen and oxygen atoms in total. The lowest BCUT2D eigenvalue weighted by molar-refractivity contribution is -0.145. The van der Waals surface area contributed by atoms with E-state index in [1.54, 1.807) is 10.8 Å². The summed E-state index contributed by atoms with van der Waals surface area (Å²) in [6, 6.07) is 4.07. The average Bonchev–Trinajstić information content (AvgIpc) is 3.12. The summed E-state index contributed by atoms with van der Waals surface area (Å²) in [6.45, 7) is 6.61. The second-order valence-corrected chi connectivity index (χ2v) is 6.36. The summed E-state index contributed by atoms with van der Waals surface area (Å²) >= 11 is 0. The number of carbonyl (C=O) groups excluding carboxylic acids is 1. The van der Waals surface area contributed by atoms with E-state index in [0.717, 1.165) is 37.5 Å². The molecule has 8 heteroatoms. The number of carbonyl (C=O) groups is 1. The molecule has 3 atom stereocenters. The highest BCUT2D eigenvalue weighted by Gasteiger charge is 2.39. The summed E-state index contributed by atoms with van der Waals surface area (Å²) in [7, 11) is 0. The number of fused-ring (bicyclic) bond motifs is 1. The van der Waals surface area contributed by atoms with E-state index >= 15 is 0 Å². The molecule has 2 aromatic rings. The number of anilines is 1. The number of cyclic esters (lactones) is 1. The van der Waals surface area contributed by atoms with E-state index < -0.39 is 0 Å². The van der Waals surface area contributed by atoms with Crippen LogP contribution in [0.4, 0.5) is 5.82 Å². The Morgan fingerprint density at radius 3 is 2.87 bits per heavy atom. The van der Waals surface area contributed by atoms with Crippen LogP contribution in [-0.2, 0) is 9.53 Å². The Balaban J connectivity index is 1.49. The van der Waals surface area contributed by atoms with Crippen LogP contribution >= 0.6 is 0 Å². The zero-order valence-electron chi connectivity index (χ0n) is 13.3. The normalized spacial score (nSPS) is 29.2. The van der Waals surface area contributed by atoms with E-state index in [1.807, 2.05) is 19.1 Å². The molecule has 0 spiro atoms. The summed E-state index contributed by atoms with van der Waals surface area (Å²) < 4.78 is 6.97. The third-order valence-corrected chi connectivity index (χ3v) is 4.69. The van der Waals surface area contributed by atoms with Crippen LogP contribution in [0.5, 0.6) is 0 Å². The highest BCUT2D eigenvalue weighted by atomic mass is 16.6. The van der Waals surface area contributed by atoms with E-state index in [4.69, 9.17) is 4.74 Å². The molecule has 0 saturated carbocycles. The van der Waals surface area contributed by atoms with Crippen molar-refractivity contribution in [3.05, 3.63) is 18.5 Å². The number of nitrogens with zero attached hydrogens (tertiary/aromatic N) is 6. The van der Waals surface area contributed by atoms with Gasteiger partial charge in [-0.1, -0.05) is 0 Å². The molecule has 2 saturated heterocycles. The first kappa shape index (κ1) is 14.4. The standard InChI is InChI=1S/C15H20N6O2/c1-10-8-19(12-7-11(2)23-15(12)22)5-6-20(10)14-4-3-13-17-16-9-21(13)18-14/h3-4,9-12H,5-8H2,1-2H3. The molecule has 0 N–H and O–H groups in total. The topological polar surface area (TPSA) is 75.9 Å². The molecule has 0 aromatic carbocycles. The van der Waals surface area contributed by atoms with Crippen molar-refractivity contribution in [3.63, 3.8) is 0 Å². The van der Waals surface area contributed by atoms with Crippen molar-refractivity contribution in [2.45, 2.75) is 38.5 Å². The van der Waals surface area contributed by atoms with Crippen LogP contribution in [0.3, 0.4) is 0 Å². The molecular formula is C15H20N6O2. The molecule has 2 fully saturated rings. The Morgan fingerprint density at radius 1 is 1.26 bits per heavy atom. The third kappa shape index (κ3) is 2.52. The molecule has 2 aliphatic heterocycles. The molecule has 122 valence electrons. The Morgan fingerprint density at radius 2 is 2.13 bits per heavy atom. The van der Waals surface area contributed by atoms with Gasteiger partial charge >= 0.3 is 5.97 Å². The van der Waals surface area contributed by atoms with Gasteiger partial charge in [0.25, 0.3) is 0 Å². The van der Waals surface area contributed by atoms with E-state index in [1.165, 1.54) is 0 Å². The Kier molecular flexibility index (Phi) is 3.41. The van der Waals surface area contributed by atoms with Crippen LogP contribution in [0.25, 0.3) is 5.65 Å². The maximum atomic E-state index is 12.0. The predicted molar refractivity (Wildman–Crippen MR) is 83.1 cm³/mol. The molecule has 4 rings (SSSR count). The first-order chi connectivity index (χ1) is 11.1. The van der Waals surface area contributed by atoms with Crippen molar-refractivity contribution in [1.82, 2.24) is 24.7 Å². The highest BCUT2D eigenvalue weighted by Crippen LogP contribution is 2.25. The maximum absolute atomic E-state index is 12.0. The number of hydrogen-bond acceptors (Lipinski definition) is 7. The maximum Gasteiger partial charge on any atom is 0.323 e. The Labute approximate surface area is 134 Å². The second-order valence-electron chi connectivity index (χ2n) is 6.36. The van der Waals surface area contributed by atoms with Crippen molar-refractivity contribution < 1.29 is 9.53 Å². The lowest BCUT2D eigenvalue weighted by Crippen LogP contribution is -2.56. The molecule has 2 aromatic heterocycles. The SMILES string of the molecule is CC1CC(N2CCN(c3ccc4nncn4n3)C(C)C2)C(=O)O1. The third-order valence-electron chi connectivity index (χ3n) is 4.69.